The van der Waals surface area contributed by atoms with E-state index in [1.165, 1.54) is 11.3 Å². The number of aliphatic hydroxyl groups is 1. The lowest BCUT2D eigenvalue weighted by molar-refractivity contribution is 0.329. The third-order valence-electron chi connectivity index (χ3n) is 0.944. The maximum Gasteiger partial charge on any atom is 0.214 e. The van der Waals surface area contributed by atoms with Gasteiger partial charge in [0.2, 0.25) is 5.90 Å². The Bertz CT molecular complexity index is 266. The fourth-order valence-corrected chi connectivity index (χ4v) is 1.82. The van der Waals surface area contributed by atoms with E-state index in [1.54, 1.807) is 0 Å². The first-order valence-corrected chi connectivity index (χ1v) is 4.50. The van der Waals surface area contributed by atoms with E-state index in [4.69, 9.17) is 15.3 Å². The molecule has 1 rings (SSSR count). The summed E-state index contributed by atoms with van der Waals surface area (Å²) in [5.41, 5.74) is 0. The predicted octanol–water partition coefficient (Wildman–Crippen LogP) is 2.28. The summed E-state index contributed by atoms with van der Waals surface area (Å²) in [5.74, 6) is -0.145. The maximum atomic E-state index is 8.46. The Hall–Kier alpha value is -0.100. The second-order valence-corrected chi connectivity index (χ2v) is 3.47. The van der Waals surface area contributed by atoms with E-state index in [0.29, 0.717) is 5.06 Å². The van der Waals surface area contributed by atoms with Crippen molar-refractivity contribution < 1.29 is 9.84 Å². The van der Waals surface area contributed by atoms with Crippen LogP contribution in [-0.2, 0) is 0 Å². The molecule has 0 aromatic carbocycles. The molecule has 0 spiro atoms. The molecule has 0 radical (unpaired) electrons. The van der Waals surface area contributed by atoms with Gasteiger partial charge in [-0.15, -0.1) is 23.7 Å². The molecular formula is C6H7BrClNO2S. The summed E-state index contributed by atoms with van der Waals surface area (Å²) < 4.78 is 5.75. The van der Waals surface area contributed by atoms with Crippen LogP contribution in [-0.4, -0.2) is 17.6 Å². The molecule has 0 atom stereocenters. The van der Waals surface area contributed by atoms with Crippen molar-refractivity contribution in [2.75, 3.05) is 6.61 Å². The van der Waals surface area contributed by atoms with Gasteiger partial charge in [0.1, 0.15) is 6.61 Å². The van der Waals surface area contributed by atoms with Crippen molar-refractivity contribution in [3.63, 3.8) is 0 Å². The highest BCUT2D eigenvalue weighted by Gasteiger charge is 2.04. The quantitative estimate of drug-likeness (QED) is 0.641. The molecule has 3 nitrogen and oxygen atoms in total. The number of hydrogen-bond acceptors (Lipinski definition) is 4. The van der Waals surface area contributed by atoms with Crippen LogP contribution >= 0.6 is 39.7 Å². The summed E-state index contributed by atoms with van der Waals surface area (Å²) in [7, 11) is 0. The Kier molecular flexibility index (Phi) is 5.48. The lowest BCUT2D eigenvalue weighted by Crippen LogP contribution is -2.10. The van der Waals surface area contributed by atoms with E-state index in [-0.39, 0.29) is 24.9 Å². The van der Waals surface area contributed by atoms with Crippen molar-refractivity contribution in [2.45, 2.75) is 0 Å². The molecule has 0 aliphatic carbocycles. The number of ether oxygens (including phenoxy) is 1. The predicted molar refractivity (Wildman–Crippen MR) is 54.7 cm³/mol. The smallest absolute Gasteiger partial charge is 0.214 e. The standard InChI is InChI=1S/C6H6BrNO2S.ClH/c7-4-1-2-11-6(4)10-5(8)3-9;/h1-2,8-9H,3H2;1H. The van der Waals surface area contributed by atoms with Gasteiger partial charge < -0.3 is 9.84 Å². The summed E-state index contributed by atoms with van der Waals surface area (Å²) in [5, 5.41) is 17.9. The first-order chi connectivity index (χ1) is 5.24. The molecule has 1 heterocycles. The lowest BCUT2D eigenvalue weighted by Gasteiger charge is -2.00. The van der Waals surface area contributed by atoms with Crippen molar-refractivity contribution in [1.29, 1.82) is 5.41 Å². The van der Waals surface area contributed by atoms with E-state index in [9.17, 15) is 0 Å². The number of thiophene rings is 1. The zero-order valence-electron chi connectivity index (χ0n) is 5.91. The van der Waals surface area contributed by atoms with Gasteiger partial charge in [0, 0.05) is 0 Å². The van der Waals surface area contributed by atoms with Crippen LogP contribution in [0.25, 0.3) is 0 Å². The fraction of sp³-hybridized carbons (Fsp3) is 0.167. The highest BCUT2D eigenvalue weighted by Crippen LogP contribution is 2.30. The van der Waals surface area contributed by atoms with Gasteiger partial charge in [-0.3, -0.25) is 5.41 Å². The van der Waals surface area contributed by atoms with Crippen molar-refractivity contribution in [2.24, 2.45) is 0 Å². The van der Waals surface area contributed by atoms with Gasteiger partial charge in [-0.2, -0.15) is 0 Å². The second kappa shape index (κ2) is 5.53. The topological polar surface area (TPSA) is 53.3 Å². The van der Waals surface area contributed by atoms with Gasteiger partial charge in [-0.05, 0) is 27.4 Å². The zero-order valence-corrected chi connectivity index (χ0v) is 9.13. The number of nitrogens with one attached hydrogen (secondary N) is 1. The summed E-state index contributed by atoms with van der Waals surface area (Å²) in [6, 6.07) is 1.82. The van der Waals surface area contributed by atoms with Gasteiger partial charge in [0.15, 0.2) is 5.06 Å². The van der Waals surface area contributed by atoms with Crippen LogP contribution in [0.2, 0.25) is 0 Å². The molecule has 0 amide bonds. The molecule has 2 N–H and O–H groups in total. The van der Waals surface area contributed by atoms with Gasteiger partial charge in [0.05, 0.1) is 4.47 Å². The minimum Gasteiger partial charge on any atom is -0.429 e. The van der Waals surface area contributed by atoms with E-state index < -0.39 is 0 Å². The molecule has 0 aliphatic rings. The van der Waals surface area contributed by atoms with Crippen molar-refractivity contribution in [3.8, 4) is 5.06 Å². The number of hydrogen-bond donors (Lipinski definition) is 2. The van der Waals surface area contributed by atoms with Crippen LogP contribution in [0.15, 0.2) is 15.9 Å². The molecule has 0 aliphatic heterocycles. The molecule has 12 heavy (non-hydrogen) atoms. The molecule has 0 saturated carbocycles. The van der Waals surface area contributed by atoms with Crippen LogP contribution in [0, 0.1) is 5.41 Å². The minimum atomic E-state index is -0.371. The third kappa shape index (κ3) is 3.10. The van der Waals surface area contributed by atoms with Gasteiger partial charge in [-0.25, -0.2) is 0 Å². The van der Waals surface area contributed by atoms with Crippen molar-refractivity contribution in [3.05, 3.63) is 15.9 Å². The second-order valence-electron chi connectivity index (χ2n) is 1.74. The molecule has 6 heteroatoms. The third-order valence-corrected chi connectivity index (χ3v) is 2.62. The lowest BCUT2D eigenvalue weighted by atomic mass is 10.6. The molecule has 0 fully saturated rings. The zero-order chi connectivity index (χ0) is 8.27. The Morgan fingerprint density at radius 2 is 2.42 bits per heavy atom. The van der Waals surface area contributed by atoms with Gasteiger partial charge in [0.25, 0.3) is 0 Å². The highest BCUT2D eigenvalue weighted by molar-refractivity contribution is 9.10. The Morgan fingerprint density at radius 3 is 2.83 bits per heavy atom. The first kappa shape index (κ1) is 11.9. The van der Waals surface area contributed by atoms with Crippen molar-refractivity contribution >= 4 is 45.6 Å². The molecular weight excluding hydrogens is 265 g/mol. The Balaban J connectivity index is 0.00000121. The monoisotopic (exact) mass is 271 g/mol. The molecule has 68 valence electrons. The molecule has 1 aromatic rings. The largest absolute Gasteiger partial charge is 0.429 e. The summed E-state index contributed by atoms with van der Waals surface area (Å²) in [6.07, 6.45) is 0. The summed E-state index contributed by atoms with van der Waals surface area (Å²) in [6.45, 7) is -0.371. The number of aliphatic hydroxyl groups excluding tert-OH is 1. The van der Waals surface area contributed by atoms with Gasteiger partial charge >= 0.3 is 0 Å². The SMILES string of the molecule is Cl.N=C(CO)Oc1sccc1Br. The number of rotatable bonds is 2. The average Bonchev–Trinajstić information content (AvgIpc) is 2.37. The molecule has 0 bridgehead atoms. The maximum absolute atomic E-state index is 8.46. The van der Waals surface area contributed by atoms with Crippen LogP contribution in [0.3, 0.4) is 0 Å². The van der Waals surface area contributed by atoms with Crippen LogP contribution in [0.1, 0.15) is 0 Å². The normalized spacial score (nSPS) is 8.83. The van der Waals surface area contributed by atoms with Crippen molar-refractivity contribution in [1.82, 2.24) is 0 Å². The molecule has 0 saturated heterocycles. The van der Waals surface area contributed by atoms with Crippen LogP contribution in [0.5, 0.6) is 5.06 Å². The fourth-order valence-electron chi connectivity index (χ4n) is 0.497. The first-order valence-electron chi connectivity index (χ1n) is 2.83. The average molecular weight is 273 g/mol. The Morgan fingerprint density at radius 1 is 1.75 bits per heavy atom. The van der Waals surface area contributed by atoms with E-state index in [1.807, 2.05) is 11.4 Å². The molecule has 1 aromatic heterocycles. The van der Waals surface area contributed by atoms with Gasteiger partial charge in [-0.1, -0.05) is 0 Å². The van der Waals surface area contributed by atoms with E-state index in [2.05, 4.69) is 15.9 Å². The van der Waals surface area contributed by atoms with Crippen LogP contribution in [0.4, 0.5) is 0 Å². The van der Waals surface area contributed by atoms with Crippen LogP contribution < -0.4 is 4.74 Å². The highest BCUT2D eigenvalue weighted by atomic mass is 79.9. The summed E-state index contributed by atoms with van der Waals surface area (Å²) >= 11 is 4.60. The molecule has 0 unspecified atom stereocenters. The summed E-state index contributed by atoms with van der Waals surface area (Å²) in [4.78, 5) is 0. The van der Waals surface area contributed by atoms with E-state index >= 15 is 0 Å². The Labute approximate surface area is 88.4 Å². The van der Waals surface area contributed by atoms with E-state index in [0.717, 1.165) is 4.47 Å². The number of halogens is 2. The minimum absolute atomic E-state index is 0.